The highest BCUT2D eigenvalue weighted by molar-refractivity contribution is 7.20. The Morgan fingerprint density at radius 1 is 0.371 bits per heavy atom. The minimum atomic E-state index is -7.22. The van der Waals surface area contributed by atoms with Crippen molar-refractivity contribution >= 4 is 33.8 Å². The number of hydrogen-bond donors (Lipinski definition) is 0. The second kappa shape index (κ2) is 17.5. The topological polar surface area (TPSA) is 20.9 Å². The van der Waals surface area contributed by atoms with E-state index in [4.69, 9.17) is 0 Å². The molecule has 0 saturated heterocycles. The normalized spacial score (nSPS) is 11.5. The number of Topliss-reactive ketones (excluding diaryl/α,β-unsaturated/α-hetero) is 1. The second-order valence-corrected chi connectivity index (χ2v) is 12.6. The minimum Gasteiger partial charge on any atom is -0.287 e. The first-order valence-electron chi connectivity index (χ1n) is 16.4. The Morgan fingerprint density at radius 2 is 0.613 bits per heavy atom. The van der Waals surface area contributed by atoms with Gasteiger partial charge in [0.1, 0.15) is 59.4 Å². The summed E-state index contributed by atoms with van der Waals surface area (Å²) in [7, 11) is 0. The van der Waals surface area contributed by atoms with Gasteiger partial charge in [-0.1, -0.05) is 30.3 Å². The molecule has 0 N–H and O–H groups in total. The average molecular weight is 909 g/mol. The molecule has 6 rings (SSSR count). The van der Waals surface area contributed by atoms with Gasteiger partial charge >= 0.3 is 0 Å². The quantitative estimate of drug-likeness (QED) is 0.0378. The summed E-state index contributed by atoms with van der Waals surface area (Å²) in [6, 6.07) is 12.5. The van der Waals surface area contributed by atoms with Crippen LogP contribution in [0, 0.1) is 116 Å². The van der Waals surface area contributed by atoms with Crippen LogP contribution in [-0.4, -0.2) is 11.9 Å². The summed E-state index contributed by atoms with van der Waals surface area (Å²) < 4.78 is 308. The van der Waals surface area contributed by atoms with Gasteiger partial charge < -0.3 is 0 Å². The maximum Gasteiger partial charge on any atom is 0.227 e. The number of alkyl halides is 1. The molecule has 0 spiro atoms. The van der Waals surface area contributed by atoms with Crippen LogP contribution in [0.25, 0.3) is 0 Å². The van der Waals surface area contributed by atoms with Crippen LogP contribution in [-0.2, 0) is 13.2 Å². The number of pyridine rings is 1. The Hall–Kier alpha value is -6.49. The number of rotatable bonds is 8. The first-order valence-corrected chi connectivity index (χ1v) is 16.4. The number of carbonyl (C=O) groups excluding carboxylic acids is 1. The summed E-state index contributed by atoms with van der Waals surface area (Å²) in [4.78, 5) is 11.9. The molecule has 0 amide bonds. The summed E-state index contributed by atoms with van der Waals surface area (Å²) in [5.74, 6) is -71.4. The van der Waals surface area contributed by atoms with Gasteiger partial charge in [-0.2, -0.15) is 4.57 Å². The molecule has 6 aromatic rings. The van der Waals surface area contributed by atoms with Crippen LogP contribution in [0.15, 0.2) is 54.9 Å². The Bertz CT molecular complexity index is 2380. The van der Waals surface area contributed by atoms with Gasteiger partial charge in [0.2, 0.25) is 12.3 Å². The van der Waals surface area contributed by atoms with Crippen molar-refractivity contribution < 1.29 is 102 Å². The van der Waals surface area contributed by atoms with Crippen molar-refractivity contribution in [2.75, 3.05) is 0 Å². The Kier molecular flexibility index (Phi) is 13.1. The first kappa shape index (κ1) is 46.6. The van der Waals surface area contributed by atoms with E-state index in [1.165, 1.54) is 0 Å². The lowest BCUT2D eigenvalue weighted by atomic mass is 9.12. The van der Waals surface area contributed by atoms with Gasteiger partial charge in [0.25, 0.3) is 0 Å². The second-order valence-electron chi connectivity index (χ2n) is 12.6. The summed E-state index contributed by atoms with van der Waals surface area (Å²) in [6.07, 6.45) is -3.78. The van der Waals surface area contributed by atoms with Crippen molar-refractivity contribution in [3.05, 3.63) is 182 Å². The number of halogens is 21. The van der Waals surface area contributed by atoms with Crippen molar-refractivity contribution in [2.24, 2.45) is 0 Å². The molecule has 62 heavy (non-hydrogen) atoms. The lowest BCUT2D eigenvalue weighted by Gasteiger charge is -2.44. The highest BCUT2D eigenvalue weighted by Gasteiger charge is 2.52. The van der Waals surface area contributed by atoms with Gasteiger partial charge in [0, 0.05) is 17.7 Å². The zero-order valence-electron chi connectivity index (χ0n) is 29.5. The van der Waals surface area contributed by atoms with Crippen LogP contribution in [0.5, 0.6) is 0 Å². The smallest absolute Gasteiger partial charge is 0.227 e. The minimum absolute atomic E-state index is 0.0450. The van der Waals surface area contributed by atoms with Gasteiger partial charge in [-0.15, -0.1) is 21.9 Å². The molecule has 0 saturated carbocycles. The maximum atomic E-state index is 15.4. The molecule has 24 heteroatoms. The van der Waals surface area contributed by atoms with E-state index in [2.05, 4.69) is 0 Å². The van der Waals surface area contributed by atoms with Crippen molar-refractivity contribution in [2.45, 2.75) is 13.2 Å². The van der Waals surface area contributed by atoms with Crippen LogP contribution < -0.4 is 26.4 Å². The fourth-order valence-corrected chi connectivity index (χ4v) is 6.44. The highest BCUT2D eigenvalue weighted by Crippen LogP contribution is 2.30. The summed E-state index contributed by atoms with van der Waals surface area (Å²) in [5, 5.41) is 0. The SMILES string of the molecule is Fc1c(F)c(F)c([B-](c2c(F)c(F)c(F)c(F)c2F)(c2c(F)c(F)c(F)c(F)c2F)c2c(F)c(F)c(F)c(F)c2F)c(F)c1F.O=C(C[n+]1ccc(CF)cc1)c1ccccc1. The number of aromatic nitrogens is 1. The molecule has 2 nitrogen and oxygen atoms in total. The lowest BCUT2D eigenvalue weighted by Crippen LogP contribution is -2.81. The van der Waals surface area contributed by atoms with Crippen LogP contribution in [0.3, 0.4) is 0 Å². The van der Waals surface area contributed by atoms with E-state index in [1.807, 2.05) is 18.2 Å². The van der Waals surface area contributed by atoms with Crippen LogP contribution >= 0.6 is 0 Å². The molecule has 0 radical (unpaired) electrons. The third-order valence-electron chi connectivity index (χ3n) is 9.24. The van der Waals surface area contributed by atoms with Crippen LogP contribution in [0.2, 0.25) is 0 Å². The molecule has 1 heterocycles. The first-order chi connectivity index (χ1) is 29.0. The molecule has 0 aliphatic carbocycles. The fourth-order valence-electron chi connectivity index (χ4n) is 6.44. The van der Waals surface area contributed by atoms with E-state index in [-0.39, 0.29) is 12.3 Å². The molecule has 1 aromatic heterocycles. The van der Waals surface area contributed by atoms with E-state index in [0.29, 0.717) is 11.1 Å². The van der Waals surface area contributed by atoms with E-state index in [1.54, 1.807) is 41.2 Å². The molecule has 326 valence electrons. The average Bonchev–Trinajstić information content (AvgIpc) is 3.27. The number of hydrogen-bond acceptors (Lipinski definition) is 1. The highest BCUT2D eigenvalue weighted by atomic mass is 19.2. The monoisotopic (exact) mass is 909 g/mol. The Morgan fingerprint density at radius 3 is 0.855 bits per heavy atom. The van der Waals surface area contributed by atoms with E-state index in [0.717, 1.165) is 0 Å². The summed E-state index contributed by atoms with van der Waals surface area (Å²) in [6.45, 7) is -0.204. The zero-order chi connectivity index (χ0) is 46.4. The molecule has 0 bridgehead atoms. The van der Waals surface area contributed by atoms with Gasteiger partial charge in [-0.25, -0.2) is 92.2 Å². The van der Waals surface area contributed by atoms with Gasteiger partial charge in [0.05, 0.1) is 0 Å². The number of carbonyl (C=O) groups is 1. The largest absolute Gasteiger partial charge is 0.287 e. The molecule has 0 aliphatic rings. The van der Waals surface area contributed by atoms with E-state index in [9.17, 15) is 61.9 Å². The van der Waals surface area contributed by atoms with Crippen molar-refractivity contribution in [1.29, 1.82) is 0 Å². The van der Waals surface area contributed by atoms with Gasteiger partial charge in [0.15, 0.2) is 82.2 Å². The van der Waals surface area contributed by atoms with E-state index >= 15 is 35.1 Å². The lowest BCUT2D eigenvalue weighted by molar-refractivity contribution is -0.683. The zero-order valence-corrected chi connectivity index (χ0v) is 29.5. The van der Waals surface area contributed by atoms with Crippen molar-refractivity contribution in [1.82, 2.24) is 0 Å². The third kappa shape index (κ3) is 7.37. The summed E-state index contributed by atoms with van der Waals surface area (Å²) in [5.41, 5.74) is -13.0. The predicted molar refractivity (Wildman–Crippen MR) is 171 cm³/mol. The predicted octanol–water partition coefficient (Wildman–Crippen LogP) is 8.17. The van der Waals surface area contributed by atoms with E-state index < -0.39 is 151 Å². The van der Waals surface area contributed by atoms with Crippen LogP contribution in [0.1, 0.15) is 15.9 Å². The van der Waals surface area contributed by atoms with Crippen LogP contribution in [0.4, 0.5) is 92.2 Å². The molecular weight excluding hydrogens is 896 g/mol. The Balaban J connectivity index is 0.000000355. The van der Waals surface area contributed by atoms with Gasteiger partial charge in [-0.05, 0) is 5.56 Å². The summed E-state index contributed by atoms with van der Waals surface area (Å²) >= 11 is 0. The molecular formula is C38H13BF21NO. The molecule has 0 atom stereocenters. The van der Waals surface area contributed by atoms with Gasteiger partial charge in [-0.3, -0.25) is 4.79 Å². The number of nitrogens with zero attached hydrogens (tertiary/aromatic N) is 1. The number of ketones is 1. The molecule has 5 aromatic carbocycles. The van der Waals surface area contributed by atoms with Crippen molar-refractivity contribution in [3.63, 3.8) is 0 Å². The molecule has 0 aliphatic heterocycles. The number of benzene rings is 5. The molecule has 0 fully saturated rings. The molecule has 0 unspecified atom stereocenters. The third-order valence-corrected chi connectivity index (χ3v) is 9.24. The standard InChI is InChI=1S/C24BF20.C14H13FNO/c26-5-1(6(27)14(35)21(42)13(5)34)25(2-7(28)15(36)22(43)16(37)8(2)29,3-9(30)17(38)23(44)18(39)10(3)31)4-11(32)19(40)24(45)20(41)12(4)33;15-10-12-6-8-16(9-7-12)11-14(17)13-4-2-1-3-5-13/h;1-9H,10-11H2/q-1;+1. The van der Waals surface area contributed by atoms with Crippen molar-refractivity contribution in [3.8, 4) is 0 Å². The fraction of sp³-hybridized carbons (Fsp3) is 0.0526. The maximum absolute atomic E-state index is 15.4. The Labute approximate surface area is 331 Å².